The number of H-pyrrole nitrogens is 1. The molecule has 5 heteroatoms. The summed E-state index contributed by atoms with van der Waals surface area (Å²) in [5, 5.41) is 2.18. The third-order valence-electron chi connectivity index (χ3n) is 4.40. The highest BCUT2D eigenvalue weighted by atomic mass is 32.1. The number of aromatic amines is 1. The highest BCUT2D eigenvalue weighted by Crippen LogP contribution is 2.29. The van der Waals surface area contributed by atoms with E-state index >= 15 is 0 Å². The third kappa shape index (κ3) is 2.96. The number of para-hydroxylation sites is 1. The lowest BCUT2D eigenvalue weighted by atomic mass is 10.2. The van der Waals surface area contributed by atoms with E-state index in [1.165, 1.54) is 11.3 Å². The Kier molecular flexibility index (Phi) is 4.45. The lowest BCUT2D eigenvalue weighted by Crippen LogP contribution is -2.29. The number of amides is 1. The lowest BCUT2D eigenvalue weighted by molar-refractivity contribution is 0.0744. The van der Waals surface area contributed by atoms with Crippen molar-refractivity contribution in [2.45, 2.75) is 39.7 Å². The molecule has 0 saturated heterocycles. The summed E-state index contributed by atoms with van der Waals surface area (Å²) in [4.78, 5) is 23.4. The molecule has 1 aromatic carbocycles. The molecule has 0 spiro atoms. The van der Waals surface area contributed by atoms with Gasteiger partial charge >= 0.3 is 0 Å². The molecule has 0 aliphatic rings. The van der Waals surface area contributed by atoms with Gasteiger partial charge in [0.1, 0.15) is 4.88 Å². The number of hydrogen-bond donors (Lipinski definition) is 1. The van der Waals surface area contributed by atoms with Crippen LogP contribution in [0.1, 0.15) is 58.8 Å². The van der Waals surface area contributed by atoms with Crippen molar-refractivity contribution < 1.29 is 4.79 Å². The van der Waals surface area contributed by atoms with Crippen molar-refractivity contribution in [1.82, 2.24) is 14.9 Å². The van der Waals surface area contributed by atoms with Gasteiger partial charge in [-0.25, -0.2) is 4.98 Å². The number of nitrogens with zero attached hydrogens (tertiary/aromatic N) is 2. The Balaban J connectivity index is 1.87. The molecule has 2 heterocycles. The SMILES string of the molecule is Cc1nc(C(C)C)sc1C(=O)N(C)C(C)c1cc2ccccc2[nH]1. The molecule has 3 aromatic rings. The van der Waals surface area contributed by atoms with Crippen molar-refractivity contribution >= 4 is 28.1 Å². The number of nitrogens with one attached hydrogen (secondary N) is 1. The van der Waals surface area contributed by atoms with Gasteiger partial charge in [0.25, 0.3) is 5.91 Å². The summed E-state index contributed by atoms with van der Waals surface area (Å²) in [7, 11) is 1.85. The maximum absolute atomic E-state index is 12.9. The molecule has 0 fully saturated rings. The maximum atomic E-state index is 12.9. The van der Waals surface area contributed by atoms with Crippen LogP contribution >= 0.6 is 11.3 Å². The van der Waals surface area contributed by atoms with Gasteiger partial charge in [-0.15, -0.1) is 11.3 Å². The van der Waals surface area contributed by atoms with Crippen LogP contribution in [0.4, 0.5) is 0 Å². The van der Waals surface area contributed by atoms with E-state index in [1.807, 2.05) is 33.0 Å². The first-order valence-corrected chi connectivity index (χ1v) is 9.02. The highest BCUT2D eigenvalue weighted by molar-refractivity contribution is 7.13. The predicted octanol–water partition coefficient (Wildman–Crippen LogP) is 4.89. The van der Waals surface area contributed by atoms with Crippen molar-refractivity contribution in [2.24, 2.45) is 0 Å². The molecule has 0 saturated carbocycles. The van der Waals surface area contributed by atoms with Crippen LogP contribution in [-0.4, -0.2) is 27.8 Å². The normalized spacial score (nSPS) is 12.8. The van der Waals surface area contributed by atoms with Crippen molar-refractivity contribution in [1.29, 1.82) is 0 Å². The zero-order chi connectivity index (χ0) is 17.4. The number of rotatable bonds is 4. The first kappa shape index (κ1) is 16.7. The molecule has 0 aliphatic heterocycles. The van der Waals surface area contributed by atoms with Crippen LogP contribution in [0.25, 0.3) is 10.9 Å². The summed E-state index contributed by atoms with van der Waals surface area (Å²) < 4.78 is 0. The van der Waals surface area contributed by atoms with Gasteiger partial charge < -0.3 is 9.88 Å². The number of aromatic nitrogens is 2. The van der Waals surface area contributed by atoms with Crippen molar-refractivity contribution in [3.8, 4) is 0 Å². The number of fused-ring (bicyclic) bond motifs is 1. The van der Waals surface area contributed by atoms with Crippen LogP contribution in [0.2, 0.25) is 0 Å². The third-order valence-corrected chi connectivity index (χ3v) is 5.85. The van der Waals surface area contributed by atoms with E-state index in [2.05, 4.69) is 42.0 Å². The molecule has 1 amide bonds. The summed E-state index contributed by atoms with van der Waals surface area (Å²) in [6.45, 7) is 8.16. The molecule has 1 unspecified atom stereocenters. The van der Waals surface area contributed by atoms with E-state index in [9.17, 15) is 4.79 Å². The van der Waals surface area contributed by atoms with Gasteiger partial charge in [0.15, 0.2) is 0 Å². The summed E-state index contributed by atoms with van der Waals surface area (Å²) >= 11 is 1.51. The van der Waals surface area contributed by atoms with Crippen LogP contribution < -0.4 is 0 Å². The first-order valence-electron chi connectivity index (χ1n) is 8.20. The Hall–Kier alpha value is -2.14. The minimum atomic E-state index is -0.0334. The smallest absolute Gasteiger partial charge is 0.266 e. The number of hydrogen-bond acceptors (Lipinski definition) is 3. The molecule has 3 rings (SSSR count). The van der Waals surface area contributed by atoms with Gasteiger partial charge in [-0.3, -0.25) is 4.79 Å². The summed E-state index contributed by atoms with van der Waals surface area (Å²) in [6, 6.07) is 10.2. The van der Waals surface area contributed by atoms with Crippen LogP contribution in [0, 0.1) is 6.92 Å². The number of carbonyl (C=O) groups excluding carboxylic acids is 1. The minimum Gasteiger partial charge on any atom is -0.357 e. The second kappa shape index (κ2) is 6.40. The Morgan fingerprint density at radius 3 is 2.58 bits per heavy atom. The van der Waals surface area contributed by atoms with Gasteiger partial charge in [-0.05, 0) is 31.4 Å². The van der Waals surface area contributed by atoms with Crippen LogP contribution in [0.3, 0.4) is 0 Å². The Morgan fingerprint density at radius 1 is 1.25 bits per heavy atom. The van der Waals surface area contributed by atoms with Gasteiger partial charge in [0, 0.05) is 24.2 Å². The number of thiazole rings is 1. The number of carbonyl (C=O) groups is 1. The topological polar surface area (TPSA) is 49.0 Å². The fraction of sp³-hybridized carbons (Fsp3) is 0.368. The minimum absolute atomic E-state index is 0.0306. The lowest BCUT2D eigenvalue weighted by Gasteiger charge is -2.23. The summed E-state index contributed by atoms with van der Waals surface area (Å²) in [5.74, 6) is 0.370. The molecule has 2 aromatic heterocycles. The van der Waals surface area contributed by atoms with Crippen molar-refractivity contribution in [2.75, 3.05) is 7.05 Å². The number of aryl methyl sites for hydroxylation is 1. The largest absolute Gasteiger partial charge is 0.357 e. The zero-order valence-corrected chi connectivity index (χ0v) is 15.6. The summed E-state index contributed by atoms with van der Waals surface area (Å²) in [5.41, 5.74) is 2.96. The summed E-state index contributed by atoms with van der Waals surface area (Å²) in [6.07, 6.45) is 0. The highest BCUT2D eigenvalue weighted by Gasteiger charge is 2.24. The Morgan fingerprint density at radius 2 is 1.96 bits per heavy atom. The van der Waals surface area contributed by atoms with Crippen molar-refractivity contribution in [3.63, 3.8) is 0 Å². The molecule has 0 bridgehead atoms. The molecule has 126 valence electrons. The molecular formula is C19H23N3OS. The monoisotopic (exact) mass is 341 g/mol. The molecule has 0 aliphatic carbocycles. The second-order valence-electron chi connectivity index (χ2n) is 6.53. The molecule has 4 nitrogen and oxygen atoms in total. The molecule has 0 radical (unpaired) electrons. The second-order valence-corrected chi connectivity index (χ2v) is 7.56. The zero-order valence-electron chi connectivity index (χ0n) is 14.8. The van der Waals surface area contributed by atoms with Gasteiger partial charge in [0.05, 0.1) is 16.7 Å². The first-order chi connectivity index (χ1) is 11.4. The van der Waals surface area contributed by atoms with Crippen LogP contribution in [0.15, 0.2) is 30.3 Å². The van der Waals surface area contributed by atoms with E-state index < -0.39 is 0 Å². The van der Waals surface area contributed by atoms with Crippen LogP contribution in [0.5, 0.6) is 0 Å². The number of benzene rings is 1. The maximum Gasteiger partial charge on any atom is 0.266 e. The van der Waals surface area contributed by atoms with Crippen LogP contribution in [-0.2, 0) is 0 Å². The quantitative estimate of drug-likeness (QED) is 0.734. The van der Waals surface area contributed by atoms with E-state index in [-0.39, 0.29) is 11.9 Å². The average Bonchev–Trinajstić information content (AvgIpc) is 3.16. The van der Waals surface area contributed by atoms with Gasteiger partial charge in [0.2, 0.25) is 0 Å². The average molecular weight is 341 g/mol. The molecule has 1 atom stereocenters. The predicted molar refractivity (Wildman–Crippen MR) is 99.7 cm³/mol. The molecule has 1 N–H and O–H groups in total. The van der Waals surface area contributed by atoms with Crippen molar-refractivity contribution in [3.05, 3.63) is 51.6 Å². The van der Waals surface area contributed by atoms with E-state index in [4.69, 9.17) is 0 Å². The van der Waals surface area contributed by atoms with E-state index in [1.54, 1.807) is 4.90 Å². The van der Waals surface area contributed by atoms with Gasteiger partial charge in [-0.1, -0.05) is 32.0 Å². The molecule has 24 heavy (non-hydrogen) atoms. The van der Waals surface area contributed by atoms with Gasteiger partial charge in [-0.2, -0.15) is 0 Å². The molecular weight excluding hydrogens is 318 g/mol. The fourth-order valence-corrected chi connectivity index (χ4v) is 3.78. The van der Waals surface area contributed by atoms with E-state index in [0.29, 0.717) is 5.92 Å². The Labute approximate surface area is 146 Å². The van der Waals surface area contributed by atoms with E-state index in [0.717, 1.165) is 32.2 Å². The standard InChI is InChI=1S/C19H23N3OS/c1-11(2)18-20-12(3)17(24-18)19(23)22(5)13(4)16-10-14-8-6-7-9-15(14)21-16/h6-11,13,21H,1-5H3. The Bertz CT molecular complexity index is 845. The fourth-order valence-electron chi connectivity index (χ4n) is 2.73.